The second kappa shape index (κ2) is 6.68. The van der Waals surface area contributed by atoms with E-state index in [0.29, 0.717) is 0 Å². The highest BCUT2D eigenvalue weighted by molar-refractivity contribution is 5.52. The molecule has 6 nitrogen and oxygen atoms in total. The second-order valence-electron chi connectivity index (χ2n) is 5.13. The van der Waals surface area contributed by atoms with Crippen molar-refractivity contribution in [3.63, 3.8) is 0 Å². The summed E-state index contributed by atoms with van der Waals surface area (Å²) in [5.41, 5.74) is 0.995. The first-order chi connectivity index (χ1) is 9.17. The van der Waals surface area contributed by atoms with Gasteiger partial charge in [-0.25, -0.2) is 0 Å². The normalized spacial score (nSPS) is 17.8. The van der Waals surface area contributed by atoms with E-state index in [2.05, 4.69) is 31.1 Å². The molecule has 0 atom stereocenters. The molecule has 1 aliphatic rings. The van der Waals surface area contributed by atoms with Gasteiger partial charge in [0.05, 0.1) is 12.2 Å². The molecule has 1 aromatic heterocycles. The molecule has 0 bridgehead atoms. The van der Waals surface area contributed by atoms with Crippen molar-refractivity contribution in [1.82, 2.24) is 20.0 Å². The standard InChI is InChI=1S/C13H23N5O/c1-4-14-18-7-5-17(6-8-18)11-13-9-12(15-19-13)10-16(2)3/h4,9H,5-8,10-11H2,1-3H3/b14-4-. The molecule has 106 valence electrons. The molecule has 2 rings (SSSR count). The van der Waals surface area contributed by atoms with Gasteiger partial charge >= 0.3 is 0 Å². The highest BCUT2D eigenvalue weighted by Crippen LogP contribution is 2.11. The Kier molecular flexibility index (Phi) is 4.93. The molecule has 0 spiro atoms. The monoisotopic (exact) mass is 265 g/mol. The highest BCUT2D eigenvalue weighted by atomic mass is 16.5. The lowest BCUT2D eigenvalue weighted by Gasteiger charge is -2.32. The van der Waals surface area contributed by atoms with Gasteiger partial charge in [0.15, 0.2) is 5.76 Å². The van der Waals surface area contributed by atoms with Crippen LogP contribution in [0.4, 0.5) is 0 Å². The molecule has 0 aliphatic carbocycles. The number of aromatic nitrogens is 1. The predicted octanol–water partition coefficient (Wildman–Crippen LogP) is 0.859. The van der Waals surface area contributed by atoms with Gasteiger partial charge in [0.25, 0.3) is 0 Å². The lowest BCUT2D eigenvalue weighted by atomic mass is 10.3. The van der Waals surface area contributed by atoms with Gasteiger partial charge in [0, 0.05) is 45.0 Å². The Labute approximate surface area is 114 Å². The zero-order chi connectivity index (χ0) is 13.7. The molecule has 1 aliphatic heterocycles. The molecule has 0 radical (unpaired) electrons. The number of hydrogen-bond acceptors (Lipinski definition) is 6. The quantitative estimate of drug-likeness (QED) is 0.739. The van der Waals surface area contributed by atoms with E-state index in [1.54, 1.807) is 0 Å². The van der Waals surface area contributed by atoms with E-state index < -0.39 is 0 Å². The first-order valence-electron chi connectivity index (χ1n) is 6.72. The second-order valence-corrected chi connectivity index (χ2v) is 5.13. The van der Waals surface area contributed by atoms with Gasteiger partial charge in [0.2, 0.25) is 0 Å². The number of rotatable bonds is 5. The van der Waals surface area contributed by atoms with Crippen LogP contribution in [0, 0.1) is 0 Å². The van der Waals surface area contributed by atoms with Crippen molar-refractivity contribution in [3.8, 4) is 0 Å². The van der Waals surface area contributed by atoms with Gasteiger partial charge in [-0.2, -0.15) is 5.10 Å². The van der Waals surface area contributed by atoms with Gasteiger partial charge in [-0.15, -0.1) is 0 Å². The Morgan fingerprint density at radius 2 is 2.11 bits per heavy atom. The fourth-order valence-corrected chi connectivity index (χ4v) is 2.22. The highest BCUT2D eigenvalue weighted by Gasteiger charge is 2.17. The molecule has 0 unspecified atom stereocenters. The van der Waals surface area contributed by atoms with Gasteiger partial charge in [0.1, 0.15) is 0 Å². The first-order valence-corrected chi connectivity index (χ1v) is 6.72. The SMILES string of the molecule is C/C=N\N1CCN(Cc2cc(CN(C)C)no2)CC1. The Hall–Kier alpha value is -1.40. The summed E-state index contributed by atoms with van der Waals surface area (Å²) in [6.07, 6.45) is 1.85. The van der Waals surface area contributed by atoms with Crippen LogP contribution in [0.15, 0.2) is 15.7 Å². The summed E-state index contributed by atoms with van der Waals surface area (Å²) in [6, 6.07) is 2.05. The molecule has 19 heavy (non-hydrogen) atoms. The predicted molar refractivity (Wildman–Crippen MR) is 74.9 cm³/mol. The lowest BCUT2D eigenvalue weighted by molar-refractivity contribution is 0.122. The van der Waals surface area contributed by atoms with Crippen LogP contribution in [0.1, 0.15) is 18.4 Å². The van der Waals surface area contributed by atoms with Gasteiger partial charge in [-0.1, -0.05) is 5.16 Å². The summed E-state index contributed by atoms with van der Waals surface area (Å²) in [7, 11) is 4.06. The Morgan fingerprint density at radius 3 is 2.74 bits per heavy atom. The minimum Gasteiger partial charge on any atom is -0.360 e. The fraction of sp³-hybridized carbons (Fsp3) is 0.692. The van der Waals surface area contributed by atoms with E-state index in [4.69, 9.17) is 4.52 Å². The van der Waals surface area contributed by atoms with E-state index >= 15 is 0 Å². The van der Waals surface area contributed by atoms with Crippen molar-refractivity contribution in [2.45, 2.75) is 20.0 Å². The smallest absolute Gasteiger partial charge is 0.151 e. The third-order valence-electron chi connectivity index (χ3n) is 3.09. The average molecular weight is 265 g/mol. The lowest BCUT2D eigenvalue weighted by Crippen LogP contribution is -2.43. The zero-order valence-electron chi connectivity index (χ0n) is 12.0. The van der Waals surface area contributed by atoms with Gasteiger partial charge < -0.3 is 9.42 Å². The molecule has 6 heteroatoms. The Balaban J connectivity index is 1.80. The summed E-state index contributed by atoms with van der Waals surface area (Å²) < 4.78 is 5.38. The summed E-state index contributed by atoms with van der Waals surface area (Å²) in [5.74, 6) is 0.948. The van der Waals surface area contributed by atoms with Crippen LogP contribution in [0.5, 0.6) is 0 Å². The van der Waals surface area contributed by atoms with E-state index in [-0.39, 0.29) is 0 Å². The van der Waals surface area contributed by atoms with Crippen LogP contribution in [0.2, 0.25) is 0 Å². The zero-order valence-corrected chi connectivity index (χ0v) is 12.0. The van der Waals surface area contributed by atoms with Crippen LogP contribution in [-0.2, 0) is 13.1 Å². The van der Waals surface area contributed by atoms with E-state index in [0.717, 1.165) is 50.7 Å². The fourth-order valence-electron chi connectivity index (χ4n) is 2.22. The van der Waals surface area contributed by atoms with Crippen molar-refractivity contribution in [3.05, 3.63) is 17.5 Å². The number of piperazine rings is 1. The Morgan fingerprint density at radius 1 is 1.37 bits per heavy atom. The summed E-state index contributed by atoms with van der Waals surface area (Å²) in [4.78, 5) is 4.46. The third kappa shape index (κ3) is 4.33. The van der Waals surface area contributed by atoms with Crippen molar-refractivity contribution in [2.24, 2.45) is 5.10 Å². The molecular formula is C13H23N5O. The van der Waals surface area contributed by atoms with Gasteiger partial charge in [-0.3, -0.25) is 9.91 Å². The molecule has 1 aromatic rings. The summed E-state index contributed by atoms with van der Waals surface area (Å²) in [6.45, 7) is 7.59. The topological polar surface area (TPSA) is 48.1 Å². The van der Waals surface area contributed by atoms with Gasteiger partial charge in [-0.05, 0) is 21.0 Å². The summed E-state index contributed by atoms with van der Waals surface area (Å²) in [5, 5.41) is 10.5. The minimum atomic E-state index is 0.822. The summed E-state index contributed by atoms with van der Waals surface area (Å²) >= 11 is 0. The maximum Gasteiger partial charge on any atom is 0.151 e. The molecular weight excluding hydrogens is 242 g/mol. The van der Waals surface area contributed by atoms with Crippen LogP contribution in [0.3, 0.4) is 0 Å². The van der Waals surface area contributed by atoms with Crippen LogP contribution in [-0.4, -0.2) is 66.5 Å². The number of hydrazone groups is 1. The maximum atomic E-state index is 5.38. The molecule has 1 fully saturated rings. The molecule has 0 aromatic carbocycles. The maximum absolute atomic E-state index is 5.38. The van der Waals surface area contributed by atoms with Crippen LogP contribution >= 0.6 is 0 Å². The molecule has 0 amide bonds. The number of hydrogen-bond donors (Lipinski definition) is 0. The third-order valence-corrected chi connectivity index (χ3v) is 3.09. The average Bonchev–Trinajstić information content (AvgIpc) is 2.78. The van der Waals surface area contributed by atoms with Crippen molar-refractivity contribution < 1.29 is 4.52 Å². The van der Waals surface area contributed by atoms with Crippen LogP contribution in [0.25, 0.3) is 0 Å². The minimum absolute atomic E-state index is 0.822. The molecule has 2 heterocycles. The molecule has 1 saturated heterocycles. The Bertz CT molecular complexity index is 407. The van der Waals surface area contributed by atoms with E-state index in [9.17, 15) is 0 Å². The largest absolute Gasteiger partial charge is 0.360 e. The van der Waals surface area contributed by atoms with Crippen molar-refractivity contribution in [2.75, 3.05) is 40.3 Å². The molecule has 0 N–H and O–H groups in total. The van der Waals surface area contributed by atoms with E-state index in [1.807, 2.05) is 27.2 Å². The molecule has 0 saturated carbocycles. The van der Waals surface area contributed by atoms with Crippen LogP contribution < -0.4 is 0 Å². The van der Waals surface area contributed by atoms with Crippen molar-refractivity contribution in [1.29, 1.82) is 0 Å². The first kappa shape index (κ1) is 14.0. The van der Waals surface area contributed by atoms with Crippen molar-refractivity contribution >= 4 is 6.21 Å². The van der Waals surface area contributed by atoms with E-state index in [1.165, 1.54) is 0 Å². The number of nitrogens with zero attached hydrogens (tertiary/aromatic N) is 5.